The molecule has 18 heavy (non-hydrogen) atoms. The molecule has 0 aliphatic carbocycles. The molecule has 0 fully saturated rings. The second kappa shape index (κ2) is 5.75. The normalized spacial score (nSPS) is 16.0. The molecule has 1 heterocycles. The van der Waals surface area contributed by atoms with Crippen molar-refractivity contribution in [3.05, 3.63) is 23.7 Å². The Kier molecular flexibility index (Phi) is 4.81. The molecule has 2 unspecified atom stereocenters. The van der Waals surface area contributed by atoms with Crippen LogP contribution in [-0.4, -0.2) is 30.2 Å². The van der Waals surface area contributed by atoms with Gasteiger partial charge in [0.15, 0.2) is 0 Å². The third kappa shape index (κ3) is 3.49. The molecule has 1 rings (SSSR count). The smallest absolute Gasteiger partial charge is 0.405 e. The van der Waals surface area contributed by atoms with E-state index >= 15 is 0 Å². The average molecular weight is 264 g/mol. The van der Waals surface area contributed by atoms with Gasteiger partial charge in [0.2, 0.25) is 0 Å². The Hall–Kier alpha value is -1.01. The number of alkyl halides is 3. The maximum absolute atomic E-state index is 13.0. The molecule has 1 aromatic heterocycles. The van der Waals surface area contributed by atoms with E-state index in [4.69, 9.17) is 10.2 Å². The number of halogens is 3. The van der Waals surface area contributed by atoms with Crippen molar-refractivity contribution in [3.63, 3.8) is 0 Å². The minimum absolute atomic E-state index is 0.167. The van der Waals surface area contributed by atoms with Crippen molar-refractivity contribution in [1.29, 1.82) is 0 Å². The van der Waals surface area contributed by atoms with Crippen LogP contribution in [0.3, 0.4) is 0 Å². The molecule has 0 bridgehead atoms. The van der Waals surface area contributed by atoms with Crippen LogP contribution in [0.4, 0.5) is 13.2 Å². The summed E-state index contributed by atoms with van der Waals surface area (Å²) in [5.74, 6) is 0.632. The van der Waals surface area contributed by atoms with E-state index in [-0.39, 0.29) is 13.0 Å². The Bertz CT molecular complexity index is 376. The second-order valence-electron chi connectivity index (χ2n) is 4.48. The highest BCUT2D eigenvalue weighted by molar-refractivity contribution is 5.15. The lowest BCUT2D eigenvalue weighted by molar-refractivity contribution is -0.187. The van der Waals surface area contributed by atoms with Crippen LogP contribution in [0.15, 0.2) is 16.7 Å². The van der Waals surface area contributed by atoms with Crippen LogP contribution in [0, 0.1) is 6.92 Å². The fourth-order valence-electron chi connectivity index (χ4n) is 1.99. The number of likely N-dealkylation sites (N-methyl/N-ethyl adjacent to an activating group) is 1. The number of hydrogen-bond acceptors (Lipinski definition) is 3. The van der Waals surface area contributed by atoms with Crippen LogP contribution in [-0.2, 0) is 6.54 Å². The van der Waals surface area contributed by atoms with Crippen LogP contribution in [0.5, 0.6) is 0 Å². The van der Waals surface area contributed by atoms with Gasteiger partial charge in [-0.05, 0) is 26.5 Å². The first-order valence-corrected chi connectivity index (χ1v) is 5.82. The number of aryl methyl sites for hydroxylation is 1. The van der Waals surface area contributed by atoms with E-state index < -0.39 is 18.3 Å². The Morgan fingerprint density at radius 2 is 2.06 bits per heavy atom. The quantitative estimate of drug-likeness (QED) is 0.889. The lowest BCUT2D eigenvalue weighted by Crippen LogP contribution is -2.54. The van der Waals surface area contributed by atoms with Crippen molar-refractivity contribution in [2.45, 2.75) is 45.1 Å². The zero-order chi connectivity index (χ0) is 13.9. The molecule has 0 aliphatic heterocycles. The fourth-order valence-corrected chi connectivity index (χ4v) is 1.99. The van der Waals surface area contributed by atoms with E-state index in [2.05, 4.69) is 0 Å². The van der Waals surface area contributed by atoms with Crippen LogP contribution in [0.1, 0.15) is 24.7 Å². The third-order valence-electron chi connectivity index (χ3n) is 3.07. The topological polar surface area (TPSA) is 42.4 Å². The predicted octanol–water partition coefficient (Wildman–Crippen LogP) is 2.69. The first kappa shape index (κ1) is 15.0. The second-order valence-corrected chi connectivity index (χ2v) is 4.48. The molecular formula is C12H19F3N2O. The van der Waals surface area contributed by atoms with E-state index in [1.54, 1.807) is 19.9 Å². The summed E-state index contributed by atoms with van der Waals surface area (Å²) >= 11 is 0. The Morgan fingerprint density at radius 3 is 2.44 bits per heavy atom. The van der Waals surface area contributed by atoms with Gasteiger partial charge < -0.3 is 10.2 Å². The van der Waals surface area contributed by atoms with Crippen LogP contribution < -0.4 is 5.73 Å². The first-order valence-electron chi connectivity index (χ1n) is 5.82. The average Bonchev–Trinajstić information content (AvgIpc) is 2.62. The first-order chi connectivity index (χ1) is 8.27. The van der Waals surface area contributed by atoms with Gasteiger partial charge in [0, 0.05) is 18.2 Å². The van der Waals surface area contributed by atoms with Gasteiger partial charge in [-0.3, -0.25) is 4.90 Å². The third-order valence-corrected chi connectivity index (χ3v) is 3.07. The van der Waals surface area contributed by atoms with Crippen molar-refractivity contribution in [1.82, 2.24) is 4.90 Å². The molecule has 6 heteroatoms. The van der Waals surface area contributed by atoms with Gasteiger partial charge in [0.25, 0.3) is 0 Å². The minimum Gasteiger partial charge on any atom is -0.469 e. The van der Waals surface area contributed by atoms with Crippen molar-refractivity contribution >= 4 is 0 Å². The molecule has 0 radical (unpaired) electrons. The summed E-state index contributed by atoms with van der Waals surface area (Å²) in [4.78, 5) is 1.23. The maximum atomic E-state index is 13.0. The van der Waals surface area contributed by atoms with Gasteiger partial charge in [0.05, 0.1) is 6.26 Å². The van der Waals surface area contributed by atoms with Crippen molar-refractivity contribution < 1.29 is 17.6 Å². The van der Waals surface area contributed by atoms with Crippen molar-refractivity contribution in [2.75, 3.05) is 7.05 Å². The summed E-state index contributed by atoms with van der Waals surface area (Å²) in [6.07, 6.45) is -2.58. The van der Waals surface area contributed by atoms with Crippen LogP contribution >= 0.6 is 0 Å². The van der Waals surface area contributed by atoms with Gasteiger partial charge in [0.1, 0.15) is 11.8 Å². The molecule has 0 amide bonds. The summed E-state index contributed by atoms with van der Waals surface area (Å²) in [7, 11) is 1.43. The molecule has 2 N–H and O–H groups in total. The van der Waals surface area contributed by atoms with Gasteiger partial charge in [-0.25, -0.2) is 0 Å². The minimum atomic E-state index is -4.33. The molecule has 3 nitrogen and oxygen atoms in total. The van der Waals surface area contributed by atoms with E-state index in [0.29, 0.717) is 5.76 Å². The molecular weight excluding hydrogens is 245 g/mol. The Balaban J connectivity index is 2.83. The molecule has 1 aromatic rings. The van der Waals surface area contributed by atoms with Crippen molar-refractivity contribution in [2.24, 2.45) is 5.73 Å². The molecule has 2 atom stereocenters. The largest absolute Gasteiger partial charge is 0.469 e. The lowest BCUT2D eigenvalue weighted by Gasteiger charge is -2.33. The van der Waals surface area contributed by atoms with E-state index in [9.17, 15) is 13.2 Å². The van der Waals surface area contributed by atoms with Crippen LogP contribution in [0.25, 0.3) is 0 Å². The highest BCUT2D eigenvalue weighted by Crippen LogP contribution is 2.28. The van der Waals surface area contributed by atoms with E-state index in [1.165, 1.54) is 18.2 Å². The van der Waals surface area contributed by atoms with Crippen molar-refractivity contribution in [3.8, 4) is 0 Å². The van der Waals surface area contributed by atoms with Crippen LogP contribution in [0.2, 0.25) is 0 Å². The van der Waals surface area contributed by atoms with Gasteiger partial charge >= 0.3 is 6.18 Å². The monoisotopic (exact) mass is 264 g/mol. The predicted molar refractivity (Wildman–Crippen MR) is 63.0 cm³/mol. The van der Waals surface area contributed by atoms with Gasteiger partial charge in [-0.15, -0.1) is 0 Å². The Morgan fingerprint density at radius 1 is 1.44 bits per heavy atom. The summed E-state index contributed by atoms with van der Waals surface area (Å²) in [5, 5.41) is 0. The highest BCUT2D eigenvalue weighted by Gasteiger charge is 2.45. The highest BCUT2D eigenvalue weighted by atomic mass is 19.4. The maximum Gasteiger partial charge on any atom is 0.405 e. The zero-order valence-electron chi connectivity index (χ0n) is 10.8. The standard InChI is InChI=1S/C12H19F3N2O/c1-4-10(16)11(12(13,14)15)17(3)7-9-5-6-18-8(9)2/h5-6,10-11H,4,7,16H2,1-3H3. The SMILES string of the molecule is CCC(N)C(N(C)Cc1ccoc1C)C(F)(F)F. The molecule has 104 valence electrons. The molecule has 0 saturated carbocycles. The molecule has 0 aliphatic rings. The van der Waals surface area contributed by atoms with Gasteiger partial charge in [-0.1, -0.05) is 6.92 Å². The van der Waals surface area contributed by atoms with E-state index in [1.807, 2.05) is 0 Å². The van der Waals surface area contributed by atoms with E-state index in [0.717, 1.165) is 5.56 Å². The fraction of sp³-hybridized carbons (Fsp3) is 0.667. The summed E-state index contributed by atoms with van der Waals surface area (Å²) < 4.78 is 44.1. The summed E-state index contributed by atoms with van der Waals surface area (Å²) in [6, 6.07) is -0.893. The lowest BCUT2D eigenvalue weighted by atomic mass is 10.0. The Labute approximate surface area is 105 Å². The number of hydrogen-bond donors (Lipinski definition) is 1. The van der Waals surface area contributed by atoms with Gasteiger partial charge in [-0.2, -0.15) is 13.2 Å². The molecule has 0 spiro atoms. The molecule has 0 saturated heterocycles. The summed E-state index contributed by atoms with van der Waals surface area (Å²) in [5.41, 5.74) is 6.33. The molecule has 0 aromatic carbocycles. The number of furan rings is 1. The number of nitrogens with zero attached hydrogens (tertiary/aromatic N) is 1. The summed E-state index contributed by atoms with van der Waals surface area (Å²) in [6.45, 7) is 3.55. The zero-order valence-corrected chi connectivity index (χ0v) is 10.8. The number of rotatable bonds is 5. The number of nitrogens with two attached hydrogens (primary N) is 1.